The number of nitriles is 1. The van der Waals surface area contributed by atoms with E-state index in [2.05, 4.69) is 20.9 Å². The summed E-state index contributed by atoms with van der Waals surface area (Å²) in [6.45, 7) is 0. The summed E-state index contributed by atoms with van der Waals surface area (Å²) in [5, 5.41) is 8.50. The quantitative estimate of drug-likeness (QED) is 0.675. The Labute approximate surface area is 71.6 Å². The molecule has 0 aliphatic carbocycles. The van der Waals surface area contributed by atoms with Gasteiger partial charge in [-0.15, -0.1) is 0 Å². The molecule has 0 aromatic carbocycles. The molecule has 1 rings (SSSR count). The van der Waals surface area contributed by atoms with Gasteiger partial charge in [0.1, 0.15) is 10.7 Å². The molecule has 0 aliphatic heterocycles. The molecule has 1 aromatic heterocycles. The van der Waals surface area contributed by atoms with Crippen LogP contribution in [0.5, 0.6) is 0 Å². The number of halogens is 1. The van der Waals surface area contributed by atoms with Crippen molar-refractivity contribution in [3.05, 3.63) is 26.9 Å². The first-order chi connectivity index (χ1) is 4.74. The molecule has 0 bridgehead atoms. The van der Waals surface area contributed by atoms with Gasteiger partial charge in [0.2, 0.25) is 0 Å². The van der Waals surface area contributed by atoms with Crippen molar-refractivity contribution in [2.75, 3.05) is 0 Å². The predicted molar refractivity (Wildman–Crippen MR) is 44.0 cm³/mol. The molecule has 50 valence electrons. The van der Waals surface area contributed by atoms with Gasteiger partial charge in [0.25, 0.3) is 0 Å². The lowest BCUT2D eigenvalue weighted by Gasteiger charge is -1.90. The summed E-state index contributed by atoms with van der Waals surface area (Å²) in [5.41, 5.74) is 0.559. The summed E-state index contributed by atoms with van der Waals surface area (Å²) in [4.78, 5) is 2.79. The van der Waals surface area contributed by atoms with Gasteiger partial charge < -0.3 is 4.98 Å². The van der Waals surface area contributed by atoms with Crippen LogP contribution in [-0.4, -0.2) is 4.98 Å². The highest BCUT2D eigenvalue weighted by molar-refractivity contribution is 9.10. The second-order valence-corrected chi connectivity index (χ2v) is 2.96. The Hall–Kier alpha value is -0.660. The summed E-state index contributed by atoms with van der Waals surface area (Å²) in [6, 6.07) is 3.61. The number of nitrogens with one attached hydrogen (secondary N) is 1. The first-order valence-electron chi connectivity index (χ1n) is 2.52. The standard InChI is InChI=1S/C6H3BrN2S/c7-5-3-9-6(10)1-4(5)2-8/h1,3H,(H,9,10). The molecule has 0 fully saturated rings. The molecule has 1 aromatic rings. The van der Waals surface area contributed by atoms with E-state index in [0.29, 0.717) is 10.2 Å². The van der Waals surface area contributed by atoms with Crippen molar-refractivity contribution in [2.24, 2.45) is 0 Å². The summed E-state index contributed by atoms with van der Waals surface area (Å²) in [5.74, 6) is 0. The molecule has 1 N–H and O–H groups in total. The molecule has 4 heteroatoms. The molecule has 0 unspecified atom stereocenters. The second-order valence-electron chi connectivity index (χ2n) is 1.67. The SMILES string of the molecule is N#Cc1cc(=S)[nH]cc1Br. The van der Waals surface area contributed by atoms with E-state index in [9.17, 15) is 0 Å². The molecule has 2 nitrogen and oxygen atoms in total. The van der Waals surface area contributed by atoms with Crippen molar-refractivity contribution in [1.82, 2.24) is 4.98 Å². The van der Waals surface area contributed by atoms with E-state index < -0.39 is 0 Å². The largest absolute Gasteiger partial charge is 0.352 e. The molecule has 0 spiro atoms. The van der Waals surface area contributed by atoms with Crippen LogP contribution in [0.1, 0.15) is 5.56 Å². The highest BCUT2D eigenvalue weighted by Gasteiger charge is 1.94. The minimum absolute atomic E-state index is 0.559. The fraction of sp³-hybridized carbons (Fsp3) is 0. The number of aromatic nitrogens is 1. The minimum atomic E-state index is 0.559. The topological polar surface area (TPSA) is 39.6 Å². The number of hydrogen-bond acceptors (Lipinski definition) is 2. The van der Waals surface area contributed by atoms with Crippen molar-refractivity contribution in [3.63, 3.8) is 0 Å². The maximum atomic E-state index is 8.50. The molecular weight excluding hydrogens is 212 g/mol. The van der Waals surface area contributed by atoms with Crippen molar-refractivity contribution >= 4 is 28.1 Å². The van der Waals surface area contributed by atoms with E-state index in [-0.39, 0.29) is 0 Å². The van der Waals surface area contributed by atoms with Crippen molar-refractivity contribution in [3.8, 4) is 6.07 Å². The summed E-state index contributed by atoms with van der Waals surface area (Å²) >= 11 is 7.99. The van der Waals surface area contributed by atoms with Crippen LogP contribution < -0.4 is 0 Å². The van der Waals surface area contributed by atoms with E-state index >= 15 is 0 Å². The Morgan fingerprint density at radius 1 is 1.70 bits per heavy atom. The molecule has 10 heavy (non-hydrogen) atoms. The molecule has 0 saturated heterocycles. The van der Waals surface area contributed by atoms with Gasteiger partial charge in [0.15, 0.2) is 0 Å². The number of pyridine rings is 1. The molecule has 0 radical (unpaired) electrons. The summed E-state index contributed by atoms with van der Waals surface area (Å²) in [7, 11) is 0. The molecule has 0 saturated carbocycles. The maximum Gasteiger partial charge on any atom is 0.104 e. The lowest BCUT2D eigenvalue weighted by Crippen LogP contribution is -1.79. The highest BCUT2D eigenvalue weighted by atomic mass is 79.9. The van der Waals surface area contributed by atoms with Gasteiger partial charge in [0, 0.05) is 6.20 Å². The van der Waals surface area contributed by atoms with Gasteiger partial charge in [-0.2, -0.15) is 5.26 Å². The van der Waals surface area contributed by atoms with E-state index in [1.54, 1.807) is 12.3 Å². The van der Waals surface area contributed by atoms with Crippen LogP contribution in [0.3, 0.4) is 0 Å². The van der Waals surface area contributed by atoms with E-state index in [1.807, 2.05) is 6.07 Å². The van der Waals surface area contributed by atoms with Crippen LogP contribution in [0.25, 0.3) is 0 Å². The van der Waals surface area contributed by atoms with Gasteiger partial charge in [-0.3, -0.25) is 0 Å². The third-order valence-corrected chi connectivity index (χ3v) is 1.89. The third-order valence-electron chi connectivity index (χ3n) is 0.994. The van der Waals surface area contributed by atoms with Gasteiger partial charge in [-0.25, -0.2) is 0 Å². The number of H-pyrrole nitrogens is 1. The minimum Gasteiger partial charge on any atom is -0.352 e. The maximum absolute atomic E-state index is 8.50. The van der Waals surface area contributed by atoms with Gasteiger partial charge in [0.05, 0.1) is 10.0 Å². The van der Waals surface area contributed by atoms with Crippen molar-refractivity contribution < 1.29 is 0 Å². The van der Waals surface area contributed by atoms with Crippen molar-refractivity contribution in [2.45, 2.75) is 0 Å². The van der Waals surface area contributed by atoms with Crippen LogP contribution in [-0.2, 0) is 0 Å². The van der Waals surface area contributed by atoms with Crippen LogP contribution in [0.15, 0.2) is 16.7 Å². The zero-order valence-corrected chi connectivity index (χ0v) is 7.29. The Kier molecular flexibility index (Phi) is 2.20. The van der Waals surface area contributed by atoms with E-state index in [0.717, 1.165) is 4.47 Å². The lowest BCUT2D eigenvalue weighted by atomic mass is 10.3. The summed E-state index contributed by atoms with van der Waals surface area (Å²) < 4.78 is 1.31. The zero-order chi connectivity index (χ0) is 7.56. The molecule has 1 heterocycles. The number of aromatic amines is 1. The number of hydrogen-bond donors (Lipinski definition) is 1. The number of rotatable bonds is 0. The average molecular weight is 215 g/mol. The van der Waals surface area contributed by atoms with E-state index in [1.165, 1.54) is 0 Å². The van der Waals surface area contributed by atoms with Crippen LogP contribution in [0.2, 0.25) is 0 Å². The fourth-order valence-corrected chi connectivity index (χ4v) is 1.03. The van der Waals surface area contributed by atoms with Crippen LogP contribution in [0.4, 0.5) is 0 Å². The average Bonchev–Trinajstić information content (AvgIpc) is 1.94. The Balaban J connectivity index is 3.40. The second kappa shape index (κ2) is 2.95. The Morgan fingerprint density at radius 3 is 2.90 bits per heavy atom. The monoisotopic (exact) mass is 214 g/mol. The third kappa shape index (κ3) is 1.43. The molecule has 0 atom stereocenters. The summed E-state index contributed by atoms with van der Waals surface area (Å²) in [6.07, 6.45) is 1.65. The zero-order valence-electron chi connectivity index (χ0n) is 4.89. The Bertz CT molecular complexity index is 336. The molecule has 0 amide bonds. The first-order valence-corrected chi connectivity index (χ1v) is 3.72. The van der Waals surface area contributed by atoms with E-state index in [4.69, 9.17) is 17.5 Å². The molecule has 0 aliphatic rings. The highest BCUT2D eigenvalue weighted by Crippen LogP contribution is 2.12. The van der Waals surface area contributed by atoms with Crippen molar-refractivity contribution in [1.29, 1.82) is 5.26 Å². The first kappa shape index (κ1) is 7.45. The van der Waals surface area contributed by atoms with Gasteiger partial charge >= 0.3 is 0 Å². The van der Waals surface area contributed by atoms with Gasteiger partial charge in [-0.05, 0) is 22.0 Å². The normalized spacial score (nSPS) is 8.80. The molecular formula is C6H3BrN2S. The van der Waals surface area contributed by atoms with Gasteiger partial charge in [-0.1, -0.05) is 12.2 Å². The fourth-order valence-electron chi connectivity index (χ4n) is 0.540. The van der Waals surface area contributed by atoms with Crippen LogP contribution in [0, 0.1) is 16.0 Å². The predicted octanol–water partition coefficient (Wildman–Crippen LogP) is 2.38. The lowest BCUT2D eigenvalue weighted by molar-refractivity contribution is 1.26. The Morgan fingerprint density at radius 2 is 2.40 bits per heavy atom. The van der Waals surface area contributed by atoms with Crippen LogP contribution >= 0.6 is 28.1 Å². The smallest absolute Gasteiger partial charge is 0.104 e. The number of nitrogens with zero attached hydrogens (tertiary/aromatic N) is 1.